The maximum absolute atomic E-state index is 13.0. The standard InChI is InChI=1S/C22H20ClFN4O2/c23-17-6-2-16(3-7-17)14-27-10-1-11-28-20(22(27)30)12-19(26-28)21(29)25-13-15-4-8-18(24)9-5-15/h2-9,12H,1,10-11,13-14H2,(H,25,29). The van der Waals surface area contributed by atoms with Gasteiger partial charge in [0.1, 0.15) is 11.5 Å². The second-order valence-electron chi connectivity index (χ2n) is 7.15. The van der Waals surface area contributed by atoms with Gasteiger partial charge in [0.05, 0.1) is 0 Å². The molecule has 1 aromatic heterocycles. The molecule has 0 radical (unpaired) electrons. The maximum Gasteiger partial charge on any atom is 0.272 e. The van der Waals surface area contributed by atoms with Gasteiger partial charge in [-0.25, -0.2) is 4.39 Å². The summed E-state index contributed by atoms with van der Waals surface area (Å²) in [6.45, 7) is 1.88. The Hall–Kier alpha value is -3.19. The third kappa shape index (κ3) is 4.52. The lowest BCUT2D eigenvalue weighted by Crippen LogP contribution is -2.30. The Labute approximate surface area is 178 Å². The molecule has 1 aliphatic rings. The van der Waals surface area contributed by atoms with E-state index in [1.54, 1.807) is 33.8 Å². The Bertz CT molecular complexity index is 1060. The minimum Gasteiger partial charge on any atom is -0.347 e. The fraction of sp³-hybridized carbons (Fsp3) is 0.227. The predicted octanol–water partition coefficient (Wildman–Crippen LogP) is 3.65. The summed E-state index contributed by atoms with van der Waals surface area (Å²) in [5, 5.41) is 7.72. The highest BCUT2D eigenvalue weighted by Gasteiger charge is 2.26. The fourth-order valence-corrected chi connectivity index (χ4v) is 3.51. The van der Waals surface area contributed by atoms with Crippen LogP contribution in [0.2, 0.25) is 5.02 Å². The Morgan fingerprint density at radius 3 is 2.50 bits per heavy atom. The van der Waals surface area contributed by atoms with E-state index in [1.165, 1.54) is 18.2 Å². The molecule has 2 aromatic carbocycles. The zero-order valence-electron chi connectivity index (χ0n) is 16.1. The van der Waals surface area contributed by atoms with Crippen molar-refractivity contribution in [2.24, 2.45) is 0 Å². The molecular formula is C22H20ClFN4O2. The minimum absolute atomic E-state index is 0.160. The zero-order chi connectivity index (χ0) is 21.1. The third-order valence-electron chi connectivity index (χ3n) is 4.97. The lowest BCUT2D eigenvalue weighted by molar-refractivity contribution is 0.0745. The molecule has 1 N–H and O–H groups in total. The highest BCUT2D eigenvalue weighted by Crippen LogP contribution is 2.18. The van der Waals surface area contributed by atoms with Crippen molar-refractivity contribution in [3.63, 3.8) is 0 Å². The Morgan fingerprint density at radius 2 is 1.77 bits per heavy atom. The van der Waals surface area contributed by atoms with Crippen LogP contribution in [0.25, 0.3) is 0 Å². The number of nitrogens with zero attached hydrogens (tertiary/aromatic N) is 3. The smallest absolute Gasteiger partial charge is 0.272 e. The van der Waals surface area contributed by atoms with E-state index in [0.717, 1.165) is 17.5 Å². The number of aromatic nitrogens is 2. The van der Waals surface area contributed by atoms with Crippen molar-refractivity contribution < 1.29 is 14.0 Å². The maximum atomic E-state index is 13.0. The van der Waals surface area contributed by atoms with Gasteiger partial charge in [-0.2, -0.15) is 5.10 Å². The van der Waals surface area contributed by atoms with Crippen LogP contribution in [0.5, 0.6) is 0 Å². The lowest BCUT2D eigenvalue weighted by atomic mass is 10.2. The molecule has 3 aromatic rings. The molecule has 0 unspecified atom stereocenters. The highest BCUT2D eigenvalue weighted by molar-refractivity contribution is 6.30. The van der Waals surface area contributed by atoms with Gasteiger partial charge in [0.2, 0.25) is 0 Å². The van der Waals surface area contributed by atoms with E-state index in [0.29, 0.717) is 30.4 Å². The van der Waals surface area contributed by atoms with E-state index < -0.39 is 0 Å². The number of fused-ring (bicyclic) bond motifs is 1. The molecule has 154 valence electrons. The number of hydrogen-bond donors (Lipinski definition) is 1. The normalized spacial score (nSPS) is 13.7. The van der Waals surface area contributed by atoms with Crippen molar-refractivity contribution in [3.8, 4) is 0 Å². The van der Waals surface area contributed by atoms with Gasteiger partial charge in [0, 0.05) is 37.3 Å². The van der Waals surface area contributed by atoms with Crippen LogP contribution in [0.15, 0.2) is 54.6 Å². The first kappa shape index (κ1) is 20.1. The molecule has 0 saturated heterocycles. The summed E-state index contributed by atoms with van der Waals surface area (Å²) >= 11 is 5.93. The van der Waals surface area contributed by atoms with Gasteiger partial charge in [-0.15, -0.1) is 0 Å². The zero-order valence-corrected chi connectivity index (χ0v) is 16.9. The van der Waals surface area contributed by atoms with E-state index >= 15 is 0 Å². The molecule has 0 spiro atoms. The summed E-state index contributed by atoms with van der Waals surface area (Å²) < 4.78 is 14.6. The van der Waals surface area contributed by atoms with E-state index in [4.69, 9.17) is 11.6 Å². The molecule has 8 heteroatoms. The van der Waals surface area contributed by atoms with Crippen molar-refractivity contribution in [1.82, 2.24) is 20.0 Å². The van der Waals surface area contributed by atoms with E-state index in [9.17, 15) is 14.0 Å². The number of halogens is 2. The quantitative estimate of drug-likeness (QED) is 0.677. The summed E-state index contributed by atoms with van der Waals surface area (Å²) in [5.41, 5.74) is 2.34. The van der Waals surface area contributed by atoms with Crippen molar-refractivity contribution in [1.29, 1.82) is 0 Å². The first-order valence-corrected chi connectivity index (χ1v) is 10.0. The second kappa shape index (κ2) is 8.67. The van der Waals surface area contributed by atoms with Gasteiger partial charge in [0.15, 0.2) is 5.69 Å². The first-order valence-electron chi connectivity index (χ1n) is 9.64. The summed E-state index contributed by atoms with van der Waals surface area (Å²) in [6, 6.07) is 14.8. The Kier molecular flexibility index (Phi) is 5.81. The van der Waals surface area contributed by atoms with Crippen LogP contribution in [-0.4, -0.2) is 33.0 Å². The van der Waals surface area contributed by atoms with Gasteiger partial charge in [-0.05, 0) is 41.8 Å². The van der Waals surface area contributed by atoms with Crippen LogP contribution in [-0.2, 0) is 19.6 Å². The van der Waals surface area contributed by atoms with Crippen LogP contribution in [0.3, 0.4) is 0 Å². The lowest BCUT2D eigenvalue weighted by Gasteiger charge is -2.20. The second-order valence-corrected chi connectivity index (χ2v) is 7.59. The average Bonchev–Trinajstić information content (AvgIpc) is 3.12. The molecule has 2 heterocycles. The van der Waals surface area contributed by atoms with Crippen molar-refractivity contribution in [3.05, 3.63) is 88.0 Å². The van der Waals surface area contributed by atoms with Crippen molar-refractivity contribution in [2.45, 2.75) is 26.1 Å². The largest absolute Gasteiger partial charge is 0.347 e. The molecule has 0 bridgehead atoms. The molecular weight excluding hydrogens is 407 g/mol. The first-order chi connectivity index (χ1) is 14.5. The molecule has 0 fully saturated rings. The monoisotopic (exact) mass is 426 g/mol. The summed E-state index contributed by atoms with van der Waals surface area (Å²) in [6.07, 6.45) is 0.741. The van der Waals surface area contributed by atoms with Crippen molar-refractivity contribution in [2.75, 3.05) is 6.54 Å². The minimum atomic E-state index is -0.378. The molecule has 1 aliphatic heterocycles. The number of carbonyl (C=O) groups is 2. The Balaban J connectivity index is 1.45. The summed E-state index contributed by atoms with van der Waals surface area (Å²) in [5.74, 6) is -0.867. The number of carbonyl (C=O) groups excluding carboxylic acids is 2. The molecule has 30 heavy (non-hydrogen) atoms. The van der Waals surface area contributed by atoms with Crippen LogP contribution < -0.4 is 5.32 Å². The fourth-order valence-electron chi connectivity index (χ4n) is 3.38. The molecule has 4 rings (SSSR count). The van der Waals surface area contributed by atoms with Gasteiger partial charge >= 0.3 is 0 Å². The predicted molar refractivity (Wildman–Crippen MR) is 111 cm³/mol. The van der Waals surface area contributed by atoms with Gasteiger partial charge in [-0.1, -0.05) is 35.9 Å². The number of amides is 2. The number of rotatable bonds is 5. The highest BCUT2D eigenvalue weighted by atomic mass is 35.5. The molecule has 0 saturated carbocycles. The van der Waals surface area contributed by atoms with Crippen LogP contribution in [0, 0.1) is 5.82 Å². The topological polar surface area (TPSA) is 67.2 Å². The van der Waals surface area contributed by atoms with Gasteiger partial charge < -0.3 is 10.2 Å². The number of benzene rings is 2. The average molecular weight is 427 g/mol. The van der Waals surface area contributed by atoms with E-state index in [-0.39, 0.29) is 29.9 Å². The van der Waals surface area contributed by atoms with Gasteiger partial charge in [0.25, 0.3) is 11.8 Å². The Morgan fingerprint density at radius 1 is 1.07 bits per heavy atom. The molecule has 0 aliphatic carbocycles. The third-order valence-corrected chi connectivity index (χ3v) is 5.22. The summed E-state index contributed by atoms with van der Waals surface area (Å²) in [4.78, 5) is 27.3. The van der Waals surface area contributed by atoms with Crippen molar-refractivity contribution >= 4 is 23.4 Å². The molecule has 6 nitrogen and oxygen atoms in total. The molecule has 2 amide bonds. The molecule has 0 atom stereocenters. The van der Waals surface area contributed by atoms with Gasteiger partial charge in [-0.3, -0.25) is 14.3 Å². The number of nitrogens with one attached hydrogen (secondary N) is 1. The van der Waals surface area contributed by atoms with E-state index in [1.807, 2.05) is 12.1 Å². The summed E-state index contributed by atoms with van der Waals surface area (Å²) in [7, 11) is 0. The van der Waals surface area contributed by atoms with Crippen LogP contribution in [0.4, 0.5) is 4.39 Å². The SMILES string of the molecule is O=C(NCc1ccc(F)cc1)c1cc2n(n1)CCCN(Cc1ccc(Cl)cc1)C2=O. The number of hydrogen-bond acceptors (Lipinski definition) is 3. The number of aryl methyl sites for hydroxylation is 1. The van der Waals surface area contributed by atoms with E-state index in [2.05, 4.69) is 10.4 Å². The van der Waals surface area contributed by atoms with Crippen LogP contribution >= 0.6 is 11.6 Å². The van der Waals surface area contributed by atoms with Crippen LogP contribution in [0.1, 0.15) is 38.5 Å².